The number of carbonyl (C=O) groups is 1. The summed E-state index contributed by atoms with van der Waals surface area (Å²) < 4.78 is 0. The molecule has 3 aromatic rings. The summed E-state index contributed by atoms with van der Waals surface area (Å²) >= 11 is 0. The van der Waals surface area contributed by atoms with Gasteiger partial charge in [-0.25, -0.2) is 4.98 Å². The van der Waals surface area contributed by atoms with Gasteiger partial charge < -0.3 is 4.90 Å². The van der Waals surface area contributed by atoms with Gasteiger partial charge in [0.05, 0.1) is 5.69 Å². The summed E-state index contributed by atoms with van der Waals surface area (Å²) in [5.41, 5.74) is 3.70. The Balaban J connectivity index is 1.97. The summed E-state index contributed by atoms with van der Waals surface area (Å²) in [7, 11) is 0. The molecule has 0 saturated heterocycles. The van der Waals surface area contributed by atoms with Gasteiger partial charge in [-0.05, 0) is 37.1 Å². The van der Waals surface area contributed by atoms with Crippen molar-refractivity contribution in [3.05, 3.63) is 65.9 Å². The summed E-state index contributed by atoms with van der Waals surface area (Å²) in [6.07, 6.45) is 2.84. The molecule has 3 nitrogen and oxygen atoms in total. The third kappa shape index (κ3) is 2.78. The summed E-state index contributed by atoms with van der Waals surface area (Å²) in [6, 6.07) is 18.8. The number of hydrogen-bond acceptors (Lipinski definition) is 2. The van der Waals surface area contributed by atoms with Crippen LogP contribution in [0.3, 0.4) is 0 Å². The molecular weight excluding hydrogens is 320 g/mol. The normalized spacial score (nSPS) is 15.6. The Morgan fingerprint density at radius 1 is 1.00 bits per heavy atom. The van der Waals surface area contributed by atoms with Crippen molar-refractivity contribution >= 4 is 16.7 Å². The minimum Gasteiger partial charge on any atom is -0.335 e. The second kappa shape index (κ2) is 6.91. The molecule has 3 heteroatoms. The number of benzene rings is 2. The van der Waals surface area contributed by atoms with E-state index in [0.717, 1.165) is 53.4 Å². The van der Waals surface area contributed by atoms with Gasteiger partial charge in [-0.2, -0.15) is 0 Å². The van der Waals surface area contributed by atoms with Gasteiger partial charge in [0.15, 0.2) is 0 Å². The van der Waals surface area contributed by atoms with Crippen molar-refractivity contribution in [2.24, 2.45) is 0 Å². The molecule has 0 fully saturated rings. The zero-order chi connectivity index (χ0) is 18.1. The van der Waals surface area contributed by atoms with Crippen LogP contribution in [-0.4, -0.2) is 28.4 Å². The lowest BCUT2D eigenvalue weighted by atomic mass is 9.96. The van der Waals surface area contributed by atoms with Crippen LogP contribution in [0.1, 0.15) is 42.7 Å². The number of carbonyl (C=O) groups excluding carboxylic acids is 1. The smallest absolute Gasteiger partial charge is 0.273 e. The van der Waals surface area contributed by atoms with Gasteiger partial charge in [0.1, 0.15) is 5.69 Å². The van der Waals surface area contributed by atoms with Gasteiger partial charge in [0.25, 0.3) is 5.91 Å². The van der Waals surface area contributed by atoms with Crippen LogP contribution in [0.25, 0.3) is 22.0 Å². The van der Waals surface area contributed by atoms with Crippen molar-refractivity contribution in [2.75, 3.05) is 6.54 Å². The van der Waals surface area contributed by atoms with Crippen LogP contribution in [0.4, 0.5) is 0 Å². The van der Waals surface area contributed by atoms with Crippen LogP contribution in [-0.2, 0) is 6.42 Å². The molecule has 0 aliphatic carbocycles. The topological polar surface area (TPSA) is 33.2 Å². The van der Waals surface area contributed by atoms with Crippen molar-refractivity contribution in [1.29, 1.82) is 0 Å². The quantitative estimate of drug-likeness (QED) is 0.663. The molecule has 0 bridgehead atoms. The molecule has 1 aliphatic rings. The number of aryl methyl sites for hydroxylation is 1. The van der Waals surface area contributed by atoms with E-state index in [-0.39, 0.29) is 11.9 Å². The lowest BCUT2D eigenvalue weighted by Crippen LogP contribution is -2.38. The van der Waals surface area contributed by atoms with Gasteiger partial charge in [-0.1, -0.05) is 61.5 Å². The summed E-state index contributed by atoms with van der Waals surface area (Å²) in [5.74, 6) is 0.0785. The van der Waals surface area contributed by atoms with Gasteiger partial charge in [0, 0.05) is 23.5 Å². The highest BCUT2D eigenvalue weighted by molar-refractivity contribution is 6.04. The highest BCUT2D eigenvalue weighted by Gasteiger charge is 2.28. The van der Waals surface area contributed by atoms with Crippen molar-refractivity contribution in [1.82, 2.24) is 9.88 Å². The third-order valence-electron chi connectivity index (χ3n) is 5.48. The van der Waals surface area contributed by atoms with Crippen LogP contribution in [0, 0.1) is 0 Å². The van der Waals surface area contributed by atoms with Crippen molar-refractivity contribution in [3.8, 4) is 11.3 Å². The zero-order valence-corrected chi connectivity index (χ0v) is 15.4. The Labute approximate surface area is 154 Å². The first-order valence-electron chi connectivity index (χ1n) is 9.48. The van der Waals surface area contributed by atoms with Gasteiger partial charge >= 0.3 is 0 Å². The second-order valence-corrected chi connectivity index (χ2v) is 7.06. The van der Waals surface area contributed by atoms with Crippen LogP contribution in [0.2, 0.25) is 0 Å². The molecule has 1 amide bonds. The van der Waals surface area contributed by atoms with Gasteiger partial charge in [0.2, 0.25) is 0 Å². The predicted molar refractivity (Wildman–Crippen MR) is 106 cm³/mol. The number of nitrogens with zero attached hydrogens (tertiary/aromatic N) is 2. The first-order chi connectivity index (χ1) is 12.7. The van der Waals surface area contributed by atoms with E-state index in [1.54, 1.807) is 0 Å². The van der Waals surface area contributed by atoms with E-state index < -0.39 is 0 Å². The van der Waals surface area contributed by atoms with E-state index in [2.05, 4.69) is 44.2 Å². The fourth-order valence-electron chi connectivity index (χ4n) is 3.87. The molecule has 1 aromatic heterocycles. The van der Waals surface area contributed by atoms with E-state index in [0.29, 0.717) is 5.69 Å². The molecule has 1 atom stereocenters. The molecule has 26 heavy (non-hydrogen) atoms. The average Bonchev–Trinajstić information content (AvgIpc) is 2.86. The maximum Gasteiger partial charge on any atom is 0.273 e. The number of amides is 1. The Morgan fingerprint density at radius 3 is 2.42 bits per heavy atom. The Kier molecular flexibility index (Phi) is 4.46. The fourth-order valence-corrected chi connectivity index (χ4v) is 3.87. The number of aromatic nitrogens is 1. The first kappa shape index (κ1) is 16.8. The molecular formula is C23H24N2O. The van der Waals surface area contributed by atoms with E-state index >= 15 is 0 Å². The van der Waals surface area contributed by atoms with Crippen LogP contribution in [0.5, 0.6) is 0 Å². The maximum atomic E-state index is 13.3. The molecule has 0 unspecified atom stereocenters. The molecule has 4 rings (SSSR count). The molecule has 0 saturated carbocycles. The number of pyridine rings is 1. The van der Waals surface area contributed by atoms with E-state index in [1.807, 2.05) is 29.2 Å². The van der Waals surface area contributed by atoms with Crippen LogP contribution >= 0.6 is 0 Å². The Morgan fingerprint density at radius 2 is 1.69 bits per heavy atom. The Hall–Kier alpha value is -2.68. The Bertz CT molecular complexity index is 949. The van der Waals surface area contributed by atoms with Crippen LogP contribution in [0.15, 0.2) is 54.6 Å². The summed E-state index contributed by atoms with van der Waals surface area (Å²) in [4.78, 5) is 20.3. The van der Waals surface area contributed by atoms with E-state index in [1.165, 1.54) is 0 Å². The molecule has 2 aromatic carbocycles. The summed E-state index contributed by atoms with van der Waals surface area (Å²) in [6.45, 7) is 5.06. The average molecular weight is 344 g/mol. The first-order valence-corrected chi connectivity index (χ1v) is 9.48. The van der Waals surface area contributed by atoms with Crippen molar-refractivity contribution in [3.63, 3.8) is 0 Å². The SMILES string of the molecule is CC[C@@H](C)N1CCCc2c(nc(-c3ccccc3)c3ccccc23)C1=O. The van der Waals surface area contributed by atoms with Gasteiger partial charge in [-0.15, -0.1) is 0 Å². The van der Waals surface area contributed by atoms with Crippen molar-refractivity contribution < 1.29 is 4.79 Å². The minimum atomic E-state index is 0.0785. The number of hydrogen-bond donors (Lipinski definition) is 0. The highest BCUT2D eigenvalue weighted by Crippen LogP contribution is 2.33. The largest absolute Gasteiger partial charge is 0.335 e. The number of rotatable bonds is 3. The lowest BCUT2D eigenvalue weighted by molar-refractivity contribution is 0.0689. The predicted octanol–water partition coefficient (Wildman–Crippen LogP) is 5.09. The lowest BCUT2D eigenvalue weighted by Gasteiger charge is -2.27. The summed E-state index contributed by atoms with van der Waals surface area (Å²) in [5, 5.41) is 2.29. The molecule has 0 spiro atoms. The van der Waals surface area contributed by atoms with Crippen LogP contribution < -0.4 is 0 Å². The number of fused-ring (bicyclic) bond motifs is 3. The fraction of sp³-hybridized carbons (Fsp3) is 0.304. The highest BCUT2D eigenvalue weighted by atomic mass is 16.2. The third-order valence-corrected chi connectivity index (χ3v) is 5.48. The maximum absolute atomic E-state index is 13.3. The molecule has 132 valence electrons. The molecule has 2 heterocycles. The molecule has 0 N–H and O–H groups in total. The van der Waals surface area contributed by atoms with E-state index in [4.69, 9.17) is 4.98 Å². The van der Waals surface area contributed by atoms with E-state index in [9.17, 15) is 4.79 Å². The monoisotopic (exact) mass is 344 g/mol. The molecule has 1 aliphatic heterocycles. The molecule has 0 radical (unpaired) electrons. The standard InChI is InChI=1S/C23H24N2O/c1-3-16(2)25-15-9-14-20-18-12-7-8-13-19(18)21(24-22(20)23(25)26)17-10-5-4-6-11-17/h4-8,10-13,16H,3,9,14-15H2,1-2H3/t16-/m1/s1. The second-order valence-electron chi connectivity index (χ2n) is 7.06. The van der Waals surface area contributed by atoms with Gasteiger partial charge in [-0.3, -0.25) is 4.79 Å². The zero-order valence-electron chi connectivity index (χ0n) is 15.4. The van der Waals surface area contributed by atoms with Crippen molar-refractivity contribution in [2.45, 2.75) is 39.2 Å². The minimum absolute atomic E-state index is 0.0785.